The standard InChI is InChI=1S/C22H30BrNO2Si/c1-15(2)27(16(3)4,17(5)6)14-12-18(23)11-13-24-21(25)19-9-7-8-10-20(19)22(24)26/h7-10,15-18H,11,13H2,1-6H3. The molecule has 1 heterocycles. The molecular weight excluding hydrogens is 418 g/mol. The van der Waals surface area contributed by atoms with Gasteiger partial charge in [-0.3, -0.25) is 14.5 Å². The molecule has 1 aromatic rings. The Kier molecular flexibility index (Phi) is 7.10. The van der Waals surface area contributed by atoms with E-state index in [9.17, 15) is 9.59 Å². The van der Waals surface area contributed by atoms with Crippen molar-refractivity contribution in [3.05, 3.63) is 35.4 Å². The van der Waals surface area contributed by atoms with Crippen molar-refractivity contribution in [2.45, 2.75) is 69.4 Å². The largest absolute Gasteiger partial charge is 0.274 e. The van der Waals surface area contributed by atoms with Gasteiger partial charge in [0.15, 0.2) is 0 Å². The molecule has 0 spiro atoms. The van der Waals surface area contributed by atoms with Gasteiger partial charge in [0.2, 0.25) is 0 Å². The number of rotatable bonds is 6. The summed E-state index contributed by atoms with van der Waals surface area (Å²) in [5.41, 5.74) is 6.46. The predicted molar refractivity (Wildman–Crippen MR) is 118 cm³/mol. The van der Waals surface area contributed by atoms with Gasteiger partial charge in [-0.05, 0) is 35.2 Å². The number of nitrogens with zero attached hydrogens (tertiary/aromatic N) is 1. The van der Waals surface area contributed by atoms with Gasteiger partial charge in [-0.1, -0.05) is 75.5 Å². The van der Waals surface area contributed by atoms with E-state index < -0.39 is 8.07 Å². The molecule has 1 unspecified atom stereocenters. The molecule has 0 fully saturated rings. The normalized spacial score (nSPS) is 15.4. The molecule has 0 radical (unpaired) electrons. The molecule has 1 aromatic carbocycles. The summed E-state index contributed by atoms with van der Waals surface area (Å²) < 4.78 is 0. The van der Waals surface area contributed by atoms with Crippen LogP contribution < -0.4 is 0 Å². The van der Waals surface area contributed by atoms with Gasteiger partial charge in [-0.2, -0.15) is 0 Å². The van der Waals surface area contributed by atoms with Gasteiger partial charge >= 0.3 is 0 Å². The van der Waals surface area contributed by atoms with Crippen molar-refractivity contribution < 1.29 is 9.59 Å². The van der Waals surface area contributed by atoms with E-state index in [1.807, 2.05) is 0 Å². The average Bonchev–Trinajstić information content (AvgIpc) is 2.84. The lowest BCUT2D eigenvalue weighted by Gasteiger charge is -2.38. The number of carbonyl (C=O) groups is 2. The number of benzene rings is 1. The molecule has 1 aliphatic heterocycles. The van der Waals surface area contributed by atoms with Crippen LogP contribution in [0.25, 0.3) is 0 Å². The molecule has 2 amide bonds. The second-order valence-corrected chi connectivity index (χ2v) is 14.9. The molecular formula is C22H30BrNO2Si. The first kappa shape index (κ1) is 21.9. The van der Waals surface area contributed by atoms with Crippen molar-refractivity contribution in [2.75, 3.05) is 6.54 Å². The average molecular weight is 448 g/mol. The monoisotopic (exact) mass is 447 g/mol. The van der Waals surface area contributed by atoms with E-state index in [1.54, 1.807) is 24.3 Å². The zero-order valence-corrected chi connectivity index (χ0v) is 19.8. The molecule has 1 aliphatic rings. The number of halogens is 1. The first-order valence-corrected chi connectivity index (χ1v) is 12.9. The van der Waals surface area contributed by atoms with Crippen molar-refractivity contribution >= 4 is 35.8 Å². The Morgan fingerprint density at radius 2 is 1.37 bits per heavy atom. The van der Waals surface area contributed by atoms with Crippen molar-refractivity contribution in [1.29, 1.82) is 0 Å². The Hall–Kier alpha value is -1.38. The van der Waals surface area contributed by atoms with Crippen LogP contribution in [0.15, 0.2) is 24.3 Å². The minimum atomic E-state index is -1.77. The second-order valence-electron chi connectivity index (χ2n) is 8.23. The van der Waals surface area contributed by atoms with Crippen molar-refractivity contribution in [1.82, 2.24) is 4.90 Å². The Labute approximate surface area is 173 Å². The van der Waals surface area contributed by atoms with Gasteiger partial charge in [0, 0.05) is 6.54 Å². The molecule has 5 heteroatoms. The number of carbonyl (C=O) groups excluding carboxylic acids is 2. The molecule has 1 atom stereocenters. The summed E-state index contributed by atoms with van der Waals surface area (Å²) >= 11 is 3.66. The summed E-state index contributed by atoms with van der Waals surface area (Å²) in [5, 5.41) is 0. The van der Waals surface area contributed by atoms with Crippen LogP contribution in [-0.2, 0) is 0 Å². The first-order valence-electron chi connectivity index (χ1n) is 9.74. The fourth-order valence-electron chi connectivity index (χ4n) is 4.39. The summed E-state index contributed by atoms with van der Waals surface area (Å²) in [5.74, 6) is 3.03. The number of amides is 2. The second kappa shape index (κ2) is 8.75. The highest BCUT2D eigenvalue weighted by atomic mass is 79.9. The minimum Gasteiger partial charge on any atom is -0.274 e. The first-order chi connectivity index (χ1) is 12.6. The quantitative estimate of drug-likeness (QED) is 0.244. The Bertz CT molecular complexity index is 719. The maximum absolute atomic E-state index is 12.5. The highest BCUT2D eigenvalue weighted by Gasteiger charge is 2.41. The molecule has 2 rings (SSSR count). The smallest absolute Gasteiger partial charge is 0.261 e. The van der Waals surface area contributed by atoms with Gasteiger partial charge in [0.25, 0.3) is 11.8 Å². The van der Waals surface area contributed by atoms with Crippen LogP contribution in [-0.4, -0.2) is 36.2 Å². The Balaban J connectivity index is 2.10. The fraction of sp³-hybridized carbons (Fsp3) is 0.545. The molecule has 0 saturated heterocycles. The molecule has 27 heavy (non-hydrogen) atoms. The lowest BCUT2D eigenvalue weighted by Crippen LogP contribution is -2.43. The summed E-state index contributed by atoms with van der Waals surface area (Å²) in [7, 11) is -1.77. The van der Waals surface area contributed by atoms with Crippen LogP contribution in [0.3, 0.4) is 0 Å². The van der Waals surface area contributed by atoms with Gasteiger partial charge in [-0.25, -0.2) is 0 Å². The van der Waals surface area contributed by atoms with E-state index in [4.69, 9.17) is 0 Å². The van der Waals surface area contributed by atoms with Crippen molar-refractivity contribution in [3.63, 3.8) is 0 Å². The summed E-state index contributed by atoms with van der Waals surface area (Å²) in [6.07, 6.45) is 0.636. The molecule has 146 valence electrons. The molecule has 0 N–H and O–H groups in total. The van der Waals surface area contributed by atoms with E-state index >= 15 is 0 Å². The van der Waals surface area contributed by atoms with Crippen LogP contribution in [0.1, 0.15) is 68.7 Å². The van der Waals surface area contributed by atoms with E-state index in [-0.39, 0.29) is 16.6 Å². The van der Waals surface area contributed by atoms with E-state index in [1.165, 1.54) is 4.90 Å². The van der Waals surface area contributed by atoms with Crippen LogP contribution >= 0.6 is 15.9 Å². The summed E-state index contributed by atoms with van der Waals surface area (Å²) in [6.45, 7) is 14.2. The number of hydrogen-bond donors (Lipinski definition) is 0. The molecule has 0 aliphatic carbocycles. The lowest BCUT2D eigenvalue weighted by molar-refractivity contribution is 0.0654. The minimum absolute atomic E-state index is 0.0232. The lowest BCUT2D eigenvalue weighted by atomic mass is 10.1. The maximum Gasteiger partial charge on any atom is 0.261 e. The Morgan fingerprint density at radius 3 is 1.78 bits per heavy atom. The third-order valence-electron chi connectivity index (χ3n) is 5.80. The van der Waals surface area contributed by atoms with E-state index in [0.29, 0.717) is 40.7 Å². The molecule has 0 bridgehead atoms. The van der Waals surface area contributed by atoms with Gasteiger partial charge in [-0.15, -0.1) is 5.54 Å². The van der Waals surface area contributed by atoms with Crippen LogP contribution in [0.4, 0.5) is 0 Å². The highest BCUT2D eigenvalue weighted by Crippen LogP contribution is 2.40. The summed E-state index contributed by atoms with van der Waals surface area (Å²) in [4.78, 5) is 26.3. The van der Waals surface area contributed by atoms with Gasteiger partial charge in [0.1, 0.15) is 8.07 Å². The van der Waals surface area contributed by atoms with Gasteiger partial charge in [0.05, 0.1) is 16.0 Å². The molecule has 3 nitrogen and oxygen atoms in total. The van der Waals surface area contributed by atoms with Crippen molar-refractivity contribution in [2.24, 2.45) is 0 Å². The Morgan fingerprint density at radius 1 is 0.926 bits per heavy atom. The number of fused-ring (bicyclic) bond motifs is 1. The zero-order valence-electron chi connectivity index (χ0n) is 17.2. The maximum atomic E-state index is 12.5. The van der Waals surface area contributed by atoms with Crippen LogP contribution in [0, 0.1) is 11.5 Å². The highest BCUT2D eigenvalue weighted by molar-refractivity contribution is 9.09. The van der Waals surface area contributed by atoms with E-state index in [2.05, 4.69) is 68.9 Å². The number of hydrogen-bond acceptors (Lipinski definition) is 2. The SMILES string of the molecule is CC(C)[Si](C#CC(Br)CCN1C(=O)c2ccccc2C1=O)(C(C)C)C(C)C. The zero-order chi connectivity index (χ0) is 20.4. The van der Waals surface area contributed by atoms with Crippen LogP contribution in [0.2, 0.25) is 16.6 Å². The van der Waals surface area contributed by atoms with Crippen LogP contribution in [0.5, 0.6) is 0 Å². The van der Waals surface area contributed by atoms with E-state index in [0.717, 1.165) is 0 Å². The number of alkyl halides is 1. The molecule has 0 saturated carbocycles. The number of imide groups is 1. The fourth-order valence-corrected chi connectivity index (χ4v) is 10.2. The summed E-state index contributed by atoms with van der Waals surface area (Å²) in [6, 6.07) is 7.02. The topological polar surface area (TPSA) is 37.4 Å². The third kappa shape index (κ3) is 4.22. The predicted octanol–water partition coefficient (Wildman–Crippen LogP) is 5.66. The third-order valence-corrected chi connectivity index (χ3v) is 12.8. The molecule has 0 aromatic heterocycles. The van der Waals surface area contributed by atoms with Gasteiger partial charge < -0.3 is 0 Å². The van der Waals surface area contributed by atoms with Crippen molar-refractivity contribution in [3.8, 4) is 11.5 Å².